The summed E-state index contributed by atoms with van der Waals surface area (Å²) in [6, 6.07) is 7.74. The molecular formula is C12H10BrF3N2O. The molecule has 0 aromatic heterocycles. The highest BCUT2D eigenvalue weighted by Gasteiger charge is 2.33. The molecule has 0 aliphatic carbocycles. The van der Waals surface area contributed by atoms with Crippen molar-refractivity contribution in [2.24, 2.45) is 0 Å². The van der Waals surface area contributed by atoms with Crippen molar-refractivity contribution >= 4 is 21.8 Å². The average Bonchev–Trinajstić information content (AvgIpc) is 2.33. The minimum Gasteiger partial charge on any atom is -0.329 e. The van der Waals surface area contributed by atoms with Gasteiger partial charge in [0.05, 0.1) is 12.5 Å². The summed E-state index contributed by atoms with van der Waals surface area (Å²) >= 11 is 3.17. The fraction of sp³-hybridized carbons (Fsp3) is 0.333. The number of nitriles is 1. The smallest absolute Gasteiger partial charge is 0.329 e. The van der Waals surface area contributed by atoms with Gasteiger partial charge in [-0.15, -0.1) is 0 Å². The molecule has 3 nitrogen and oxygen atoms in total. The van der Waals surface area contributed by atoms with Gasteiger partial charge in [0, 0.05) is 16.6 Å². The quantitative estimate of drug-likeness (QED) is 0.847. The van der Waals surface area contributed by atoms with Crippen LogP contribution in [0.15, 0.2) is 28.7 Å². The number of hydrogen-bond donors (Lipinski definition) is 0. The molecule has 0 spiro atoms. The number of carbonyl (C=O) groups is 1. The van der Waals surface area contributed by atoms with Gasteiger partial charge >= 0.3 is 6.18 Å². The van der Waals surface area contributed by atoms with Gasteiger partial charge in [0.2, 0.25) is 0 Å². The first-order valence-corrected chi connectivity index (χ1v) is 6.11. The molecule has 0 bridgehead atoms. The molecule has 0 N–H and O–H groups in total. The number of amides is 1. The summed E-state index contributed by atoms with van der Waals surface area (Å²) in [5, 5.41) is 8.43. The Kier molecular flexibility index (Phi) is 5.36. The molecule has 7 heteroatoms. The Hall–Kier alpha value is -1.55. The first kappa shape index (κ1) is 15.5. The lowest BCUT2D eigenvalue weighted by Gasteiger charge is -2.23. The van der Waals surface area contributed by atoms with Gasteiger partial charge in [-0.3, -0.25) is 4.79 Å². The summed E-state index contributed by atoms with van der Waals surface area (Å²) < 4.78 is 37.9. The van der Waals surface area contributed by atoms with E-state index in [2.05, 4.69) is 15.9 Å². The molecule has 0 radical (unpaired) electrons. The van der Waals surface area contributed by atoms with E-state index < -0.39 is 18.6 Å². The van der Waals surface area contributed by atoms with E-state index in [1.54, 1.807) is 18.2 Å². The van der Waals surface area contributed by atoms with Gasteiger partial charge in [-0.2, -0.15) is 18.4 Å². The predicted octanol–water partition coefficient (Wildman–Crippen LogP) is 3.37. The van der Waals surface area contributed by atoms with Crippen LogP contribution in [0.1, 0.15) is 16.8 Å². The Morgan fingerprint density at radius 3 is 2.37 bits per heavy atom. The Morgan fingerprint density at radius 2 is 1.89 bits per heavy atom. The molecule has 1 aromatic carbocycles. The van der Waals surface area contributed by atoms with Crippen molar-refractivity contribution in [1.82, 2.24) is 4.90 Å². The second kappa shape index (κ2) is 6.57. The molecule has 1 amide bonds. The van der Waals surface area contributed by atoms with Crippen molar-refractivity contribution in [1.29, 1.82) is 5.26 Å². The van der Waals surface area contributed by atoms with Crippen molar-refractivity contribution in [3.63, 3.8) is 0 Å². The molecule has 0 saturated carbocycles. The number of nitrogens with zero attached hydrogens (tertiary/aromatic N) is 2. The van der Waals surface area contributed by atoms with Crippen molar-refractivity contribution in [2.45, 2.75) is 12.6 Å². The second-order valence-electron chi connectivity index (χ2n) is 3.76. The van der Waals surface area contributed by atoms with Crippen LogP contribution in [0.5, 0.6) is 0 Å². The molecule has 0 atom stereocenters. The lowest BCUT2D eigenvalue weighted by Crippen LogP contribution is -2.39. The van der Waals surface area contributed by atoms with Gasteiger partial charge in [0.15, 0.2) is 0 Å². The van der Waals surface area contributed by atoms with Crippen LogP contribution < -0.4 is 0 Å². The van der Waals surface area contributed by atoms with E-state index in [1.807, 2.05) is 0 Å². The van der Waals surface area contributed by atoms with Crippen LogP contribution in [-0.2, 0) is 0 Å². The standard InChI is InChI=1S/C12H10BrF3N2O/c13-10-4-2-9(3-5-10)11(19)18(7-1-6-17)8-12(14,15)16/h2-5H,1,7-8H2. The van der Waals surface area contributed by atoms with Crippen LogP contribution >= 0.6 is 15.9 Å². The molecule has 0 fully saturated rings. The number of alkyl halides is 3. The third kappa shape index (κ3) is 5.30. The predicted molar refractivity (Wildman–Crippen MR) is 66.3 cm³/mol. The van der Waals surface area contributed by atoms with E-state index in [0.29, 0.717) is 4.90 Å². The van der Waals surface area contributed by atoms with E-state index in [9.17, 15) is 18.0 Å². The van der Waals surface area contributed by atoms with Crippen LogP contribution in [0, 0.1) is 11.3 Å². The number of benzene rings is 1. The fourth-order valence-electron chi connectivity index (χ4n) is 1.43. The van der Waals surface area contributed by atoms with Gasteiger partial charge < -0.3 is 4.90 Å². The summed E-state index contributed by atoms with van der Waals surface area (Å²) in [6.07, 6.45) is -4.63. The lowest BCUT2D eigenvalue weighted by molar-refractivity contribution is -0.140. The molecule has 1 rings (SSSR count). The summed E-state index contributed by atoms with van der Waals surface area (Å²) in [5.74, 6) is -0.736. The van der Waals surface area contributed by atoms with Gasteiger partial charge in [0.1, 0.15) is 6.54 Å². The van der Waals surface area contributed by atoms with Crippen LogP contribution in [0.4, 0.5) is 13.2 Å². The highest BCUT2D eigenvalue weighted by Crippen LogP contribution is 2.19. The highest BCUT2D eigenvalue weighted by molar-refractivity contribution is 9.10. The maximum Gasteiger partial charge on any atom is 0.406 e. The Morgan fingerprint density at radius 1 is 1.32 bits per heavy atom. The van der Waals surface area contributed by atoms with Crippen LogP contribution in [-0.4, -0.2) is 30.1 Å². The monoisotopic (exact) mass is 334 g/mol. The first-order valence-electron chi connectivity index (χ1n) is 5.32. The Labute approximate surface area is 116 Å². The van der Waals surface area contributed by atoms with E-state index in [4.69, 9.17) is 5.26 Å². The van der Waals surface area contributed by atoms with Crippen LogP contribution in [0.3, 0.4) is 0 Å². The van der Waals surface area contributed by atoms with Crippen LogP contribution in [0.25, 0.3) is 0 Å². The Balaban J connectivity index is 2.87. The zero-order valence-corrected chi connectivity index (χ0v) is 11.3. The zero-order chi connectivity index (χ0) is 14.5. The molecule has 102 valence electrons. The Bertz CT molecular complexity index is 479. The average molecular weight is 335 g/mol. The molecule has 0 heterocycles. The molecule has 0 aliphatic heterocycles. The van der Waals surface area contributed by atoms with Crippen LogP contribution in [0.2, 0.25) is 0 Å². The molecule has 19 heavy (non-hydrogen) atoms. The van der Waals surface area contributed by atoms with Crippen molar-refractivity contribution in [2.75, 3.05) is 13.1 Å². The van der Waals surface area contributed by atoms with Gasteiger partial charge in [-0.05, 0) is 24.3 Å². The van der Waals surface area contributed by atoms with E-state index in [1.165, 1.54) is 12.1 Å². The van der Waals surface area contributed by atoms with E-state index in [0.717, 1.165) is 4.47 Å². The largest absolute Gasteiger partial charge is 0.406 e. The van der Waals surface area contributed by atoms with Gasteiger partial charge in [-0.1, -0.05) is 15.9 Å². The SMILES string of the molecule is N#CCCN(CC(F)(F)F)C(=O)c1ccc(Br)cc1. The maximum absolute atomic E-state index is 12.4. The topological polar surface area (TPSA) is 44.1 Å². The normalized spacial score (nSPS) is 10.9. The van der Waals surface area contributed by atoms with E-state index >= 15 is 0 Å². The minimum absolute atomic E-state index is 0.141. The summed E-state index contributed by atoms with van der Waals surface area (Å²) in [7, 11) is 0. The zero-order valence-electron chi connectivity index (χ0n) is 9.75. The third-order valence-electron chi connectivity index (χ3n) is 2.24. The van der Waals surface area contributed by atoms with E-state index in [-0.39, 0.29) is 18.5 Å². The van der Waals surface area contributed by atoms with Crippen molar-refractivity contribution in [3.05, 3.63) is 34.3 Å². The van der Waals surface area contributed by atoms with Gasteiger partial charge in [0.25, 0.3) is 5.91 Å². The first-order chi connectivity index (χ1) is 8.83. The molecule has 1 aromatic rings. The third-order valence-corrected chi connectivity index (χ3v) is 2.77. The van der Waals surface area contributed by atoms with Crippen molar-refractivity contribution in [3.8, 4) is 6.07 Å². The lowest BCUT2D eigenvalue weighted by atomic mass is 10.2. The van der Waals surface area contributed by atoms with Crippen molar-refractivity contribution < 1.29 is 18.0 Å². The fourth-order valence-corrected chi connectivity index (χ4v) is 1.69. The second-order valence-corrected chi connectivity index (χ2v) is 4.67. The molecule has 0 unspecified atom stereocenters. The summed E-state index contributed by atoms with van der Waals surface area (Å²) in [6.45, 7) is -1.60. The number of halogens is 4. The maximum atomic E-state index is 12.4. The molecule has 0 saturated heterocycles. The number of carbonyl (C=O) groups excluding carboxylic acids is 1. The summed E-state index contributed by atoms with van der Waals surface area (Å²) in [4.78, 5) is 12.6. The highest BCUT2D eigenvalue weighted by atomic mass is 79.9. The number of hydrogen-bond acceptors (Lipinski definition) is 2. The molecule has 0 aliphatic rings. The summed E-state index contributed by atoms with van der Waals surface area (Å²) in [5.41, 5.74) is 0.158. The number of rotatable bonds is 4. The minimum atomic E-state index is -4.49. The molecular weight excluding hydrogens is 325 g/mol. The van der Waals surface area contributed by atoms with Gasteiger partial charge in [-0.25, -0.2) is 0 Å².